The molecule has 0 amide bonds. The van der Waals surface area contributed by atoms with E-state index in [0.29, 0.717) is 5.41 Å². The van der Waals surface area contributed by atoms with Gasteiger partial charge in [0, 0.05) is 0 Å². The molecule has 0 nitrogen and oxygen atoms in total. The summed E-state index contributed by atoms with van der Waals surface area (Å²) in [6, 6.07) is 0. The van der Waals surface area contributed by atoms with Crippen molar-refractivity contribution in [2.45, 2.75) is 239 Å². The Morgan fingerprint density at radius 1 is 0.325 bits per heavy atom. The summed E-state index contributed by atoms with van der Waals surface area (Å²) in [5.74, 6) is 0. The van der Waals surface area contributed by atoms with Gasteiger partial charge in [-0.2, -0.15) is 0 Å². The van der Waals surface area contributed by atoms with Gasteiger partial charge in [-0.3, -0.25) is 0 Å². The second kappa shape index (κ2) is 33.2. The third-order valence-corrected chi connectivity index (χ3v) is 9.94. The summed E-state index contributed by atoms with van der Waals surface area (Å²) in [4.78, 5) is 0. The Morgan fingerprint density at radius 2 is 0.525 bits per heavy atom. The molecule has 0 heteroatoms. The zero-order chi connectivity index (χ0) is 29.2. The Labute approximate surface area is 256 Å². The zero-order valence-corrected chi connectivity index (χ0v) is 28.8. The van der Waals surface area contributed by atoms with Crippen molar-refractivity contribution in [3.8, 4) is 0 Å². The maximum Gasteiger partial charge on any atom is -0.0124 e. The highest BCUT2D eigenvalue weighted by molar-refractivity contribution is 4.93. The number of hydrogen-bond donors (Lipinski definition) is 0. The smallest absolute Gasteiger partial charge is 0.0124 e. The van der Waals surface area contributed by atoms with E-state index in [4.69, 9.17) is 0 Å². The van der Waals surface area contributed by atoms with Crippen LogP contribution in [-0.2, 0) is 0 Å². The van der Waals surface area contributed by atoms with Crippen molar-refractivity contribution < 1.29 is 0 Å². The van der Waals surface area contributed by atoms with E-state index in [2.05, 4.69) is 33.4 Å². The molecule has 1 unspecified atom stereocenters. The average Bonchev–Trinajstić information content (AvgIpc) is 2.98. The molecule has 0 spiro atoms. The second-order valence-corrected chi connectivity index (χ2v) is 13.7. The van der Waals surface area contributed by atoms with E-state index in [9.17, 15) is 0 Å². The lowest BCUT2D eigenvalue weighted by Gasteiger charge is -2.29. The molecule has 0 fully saturated rings. The van der Waals surface area contributed by atoms with Crippen LogP contribution in [0, 0.1) is 5.41 Å². The molecule has 0 aliphatic carbocycles. The average molecular weight is 561 g/mol. The largest absolute Gasteiger partial charge is 0.103 e. The van der Waals surface area contributed by atoms with E-state index in [1.165, 1.54) is 218 Å². The minimum absolute atomic E-state index is 0.423. The summed E-state index contributed by atoms with van der Waals surface area (Å²) in [7, 11) is 0. The zero-order valence-electron chi connectivity index (χ0n) is 28.8. The third-order valence-electron chi connectivity index (χ3n) is 9.94. The standard InChI is InChI=1S/C40H80/c1-5-9-11-13-15-17-19-21-23-25-27-29-31-33-35-37-39-40(7-3,8-4)38-36-34-32-30-28-26-24-22-20-18-16-14-12-10-6-2/h7H,3,5-6,8-39H2,1-2,4H3. The first-order valence-electron chi connectivity index (χ1n) is 19.4. The Morgan fingerprint density at radius 3 is 0.700 bits per heavy atom. The highest BCUT2D eigenvalue weighted by Gasteiger charge is 2.23. The van der Waals surface area contributed by atoms with Gasteiger partial charge in [0.05, 0.1) is 0 Å². The molecule has 0 heterocycles. The van der Waals surface area contributed by atoms with E-state index < -0.39 is 0 Å². The monoisotopic (exact) mass is 561 g/mol. The maximum absolute atomic E-state index is 4.28. The van der Waals surface area contributed by atoms with Crippen LogP contribution in [0.25, 0.3) is 0 Å². The van der Waals surface area contributed by atoms with Crippen molar-refractivity contribution in [1.82, 2.24) is 0 Å². The van der Waals surface area contributed by atoms with Gasteiger partial charge in [-0.05, 0) is 24.7 Å². The van der Waals surface area contributed by atoms with Crippen LogP contribution in [0.1, 0.15) is 239 Å². The summed E-state index contributed by atoms with van der Waals surface area (Å²) >= 11 is 0. The molecule has 0 N–H and O–H groups in total. The summed E-state index contributed by atoms with van der Waals surface area (Å²) in [6.07, 6.45) is 51.5. The maximum atomic E-state index is 4.28. The second-order valence-electron chi connectivity index (χ2n) is 13.7. The predicted molar refractivity (Wildman–Crippen MR) is 187 cm³/mol. The summed E-state index contributed by atoms with van der Waals surface area (Å²) < 4.78 is 0. The van der Waals surface area contributed by atoms with Gasteiger partial charge in [-0.25, -0.2) is 0 Å². The number of unbranched alkanes of at least 4 members (excludes halogenated alkanes) is 29. The fourth-order valence-electron chi connectivity index (χ4n) is 6.70. The minimum atomic E-state index is 0.423. The molecule has 0 aromatic carbocycles. The lowest BCUT2D eigenvalue weighted by Crippen LogP contribution is -2.16. The SMILES string of the molecule is C=CC(CC)(CCCCCCCCCCCCCCCCC)CCCCCCCCCCCCCCCCCC. The summed E-state index contributed by atoms with van der Waals surface area (Å²) in [5, 5.41) is 0. The van der Waals surface area contributed by atoms with Crippen LogP contribution in [0.15, 0.2) is 12.7 Å². The molecule has 240 valence electrons. The molecular formula is C40H80. The quantitative estimate of drug-likeness (QED) is 0.0534. The van der Waals surface area contributed by atoms with E-state index in [1.54, 1.807) is 0 Å². The molecule has 0 aromatic heterocycles. The van der Waals surface area contributed by atoms with Gasteiger partial charge in [-0.15, -0.1) is 6.58 Å². The van der Waals surface area contributed by atoms with Gasteiger partial charge in [0.15, 0.2) is 0 Å². The predicted octanol–water partition coefficient (Wildman–Crippen LogP) is 15.5. The molecular weight excluding hydrogens is 480 g/mol. The van der Waals surface area contributed by atoms with E-state index in [0.717, 1.165) is 0 Å². The van der Waals surface area contributed by atoms with Gasteiger partial charge >= 0.3 is 0 Å². The van der Waals surface area contributed by atoms with E-state index in [-0.39, 0.29) is 0 Å². The Kier molecular flexibility index (Phi) is 33.0. The topological polar surface area (TPSA) is 0 Å². The lowest BCUT2D eigenvalue weighted by molar-refractivity contribution is 0.285. The molecule has 0 radical (unpaired) electrons. The van der Waals surface area contributed by atoms with Gasteiger partial charge in [0.1, 0.15) is 0 Å². The van der Waals surface area contributed by atoms with Crippen molar-refractivity contribution in [2.75, 3.05) is 0 Å². The van der Waals surface area contributed by atoms with Crippen LogP contribution >= 0.6 is 0 Å². The normalized spacial score (nSPS) is 13.1. The van der Waals surface area contributed by atoms with Gasteiger partial charge in [-0.1, -0.05) is 226 Å². The number of allylic oxidation sites excluding steroid dienone is 1. The molecule has 0 saturated carbocycles. The van der Waals surface area contributed by atoms with E-state index >= 15 is 0 Å². The Bertz CT molecular complexity index is 465. The third kappa shape index (κ3) is 27.9. The van der Waals surface area contributed by atoms with Crippen LogP contribution in [0.5, 0.6) is 0 Å². The summed E-state index contributed by atoms with van der Waals surface area (Å²) in [6.45, 7) is 11.3. The van der Waals surface area contributed by atoms with Crippen molar-refractivity contribution >= 4 is 0 Å². The Balaban J connectivity index is 3.52. The van der Waals surface area contributed by atoms with Gasteiger partial charge in [0.25, 0.3) is 0 Å². The highest BCUT2D eigenvalue weighted by atomic mass is 14.3. The fraction of sp³-hybridized carbons (Fsp3) is 0.950. The molecule has 40 heavy (non-hydrogen) atoms. The minimum Gasteiger partial charge on any atom is -0.103 e. The van der Waals surface area contributed by atoms with Crippen LogP contribution in [-0.4, -0.2) is 0 Å². The first-order valence-corrected chi connectivity index (χ1v) is 19.4. The number of hydrogen-bond acceptors (Lipinski definition) is 0. The van der Waals surface area contributed by atoms with Gasteiger partial charge in [0.2, 0.25) is 0 Å². The molecule has 1 atom stereocenters. The van der Waals surface area contributed by atoms with Crippen molar-refractivity contribution in [3.05, 3.63) is 12.7 Å². The molecule has 0 aliphatic rings. The van der Waals surface area contributed by atoms with E-state index in [1.807, 2.05) is 0 Å². The molecule has 0 saturated heterocycles. The molecule has 0 rings (SSSR count). The van der Waals surface area contributed by atoms with Crippen molar-refractivity contribution in [3.63, 3.8) is 0 Å². The first kappa shape index (κ1) is 39.7. The first-order chi connectivity index (χ1) is 19.7. The van der Waals surface area contributed by atoms with Crippen molar-refractivity contribution in [1.29, 1.82) is 0 Å². The van der Waals surface area contributed by atoms with Crippen LogP contribution in [0.4, 0.5) is 0 Å². The Hall–Kier alpha value is -0.260. The number of rotatable bonds is 35. The molecule has 0 aliphatic heterocycles. The highest BCUT2D eigenvalue weighted by Crippen LogP contribution is 2.36. The fourth-order valence-corrected chi connectivity index (χ4v) is 6.70. The molecule has 0 aromatic rings. The van der Waals surface area contributed by atoms with Crippen LogP contribution < -0.4 is 0 Å². The molecule has 0 bridgehead atoms. The van der Waals surface area contributed by atoms with Gasteiger partial charge < -0.3 is 0 Å². The van der Waals surface area contributed by atoms with Crippen LogP contribution in [0.3, 0.4) is 0 Å². The lowest BCUT2D eigenvalue weighted by atomic mass is 9.76. The van der Waals surface area contributed by atoms with Crippen molar-refractivity contribution in [2.24, 2.45) is 5.41 Å². The van der Waals surface area contributed by atoms with Crippen LogP contribution in [0.2, 0.25) is 0 Å². The summed E-state index contributed by atoms with van der Waals surface area (Å²) in [5.41, 5.74) is 0.423.